The summed E-state index contributed by atoms with van der Waals surface area (Å²) >= 11 is 0. The SMILES string of the molecule is CCSSCOc1ccc(/N=N/c2ccc(-c3ccc([N+](=O)[O-])cc3)cc2)cc1. The van der Waals surface area contributed by atoms with E-state index in [1.54, 1.807) is 33.7 Å². The van der Waals surface area contributed by atoms with E-state index in [4.69, 9.17) is 4.74 Å². The van der Waals surface area contributed by atoms with E-state index in [1.807, 2.05) is 48.5 Å². The molecule has 0 amide bonds. The third-order valence-electron chi connectivity index (χ3n) is 3.87. The number of azo groups is 1. The molecule has 0 aliphatic rings. The van der Waals surface area contributed by atoms with Crippen molar-refractivity contribution in [2.75, 3.05) is 11.7 Å². The predicted octanol–water partition coefficient (Wildman–Crippen LogP) is 7.41. The van der Waals surface area contributed by atoms with Crippen LogP contribution in [0.3, 0.4) is 0 Å². The average molecular weight is 426 g/mol. The molecule has 0 bridgehead atoms. The molecule has 0 heterocycles. The lowest BCUT2D eigenvalue weighted by atomic mass is 10.1. The number of rotatable bonds is 9. The van der Waals surface area contributed by atoms with Crippen LogP contribution in [0, 0.1) is 10.1 Å². The quantitative estimate of drug-likeness (QED) is 0.0890. The second kappa shape index (κ2) is 10.6. The number of hydrogen-bond donors (Lipinski definition) is 0. The second-order valence-electron chi connectivity index (χ2n) is 5.83. The first-order valence-electron chi connectivity index (χ1n) is 8.89. The number of nitrogens with zero attached hydrogens (tertiary/aromatic N) is 3. The van der Waals surface area contributed by atoms with E-state index < -0.39 is 4.92 Å². The Bertz CT molecular complexity index is 960. The Balaban J connectivity index is 1.59. The van der Waals surface area contributed by atoms with Gasteiger partial charge in [0.1, 0.15) is 11.7 Å². The molecule has 148 valence electrons. The molecule has 0 aliphatic heterocycles. The van der Waals surface area contributed by atoms with Gasteiger partial charge in [0.15, 0.2) is 0 Å². The number of non-ortho nitro benzene ring substituents is 1. The van der Waals surface area contributed by atoms with Gasteiger partial charge in [-0.25, -0.2) is 0 Å². The molecular weight excluding hydrogens is 406 g/mol. The smallest absolute Gasteiger partial charge is 0.269 e. The fourth-order valence-electron chi connectivity index (χ4n) is 2.43. The highest BCUT2D eigenvalue weighted by Gasteiger charge is 2.05. The summed E-state index contributed by atoms with van der Waals surface area (Å²) in [4.78, 5) is 10.3. The molecule has 0 spiro atoms. The number of ether oxygens (including phenoxy) is 1. The van der Waals surface area contributed by atoms with Gasteiger partial charge >= 0.3 is 0 Å². The lowest BCUT2D eigenvalue weighted by Crippen LogP contribution is -1.90. The van der Waals surface area contributed by atoms with Crippen molar-refractivity contribution in [1.82, 2.24) is 0 Å². The topological polar surface area (TPSA) is 77.1 Å². The standard InChI is InChI=1S/C21H19N3O3S2/c1-2-28-29-15-27-21-13-9-19(10-14-21)23-22-18-7-3-16(4-8-18)17-5-11-20(12-6-17)24(25)26/h3-14H,2,15H2,1H3/b23-22+. The Labute approximate surface area is 176 Å². The minimum absolute atomic E-state index is 0.0780. The van der Waals surface area contributed by atoms with Crippen LogP contribution in [0.25, 0.3) is 11.1 Å². The van der Waals surface area contributed by atoms with Gasteiger partial charge in [-0.3, -0.25) is 10.1 Å². The summed E-state index contributed by atoms with van der Waals surface area (Å²) in [5.41, 5.74) is 3.41. The van der Waals surface area contributed by atoms with Crippen molar-refractivity contribution in [2.45, 2.75) is 6.92 Å². The van der Waals surface area contributed by atoms with E-state index in [-0.39, 0.29) is 5.69 Å². The Morgan fingerprint density at radius 2 is 1.34 bits per heavy atom. The van der Waals surface area contributed by atoms with Crippen LogP contribution in [0.15, 0.2) is 83.0 Å². The van der Waals surface area contributed by atoms with E-state index in [2.05, 4.69) is 17.2 Å². The number of benzene rings is 3. The summed E-state index contributed by atoms with van der Waals surface area (Å²) < 4.78 is 5.63. The molecule has 8 heteroatoms. The fourth-order valence-corrected chi connectivity index (χ4v) is 3.70. The van der Waals surface area contributed by atoms with Crippen molar-refractivity contribution in [3.05, 3.63) is 82.9 Å². The summed E-state index contributed by atoms with van der Waals surface area (Å²) in [7, 11) is 3.45. The maximum absolute atomic E-state index is 10.7. The first-order valence-corrected chi connectivity index (χ1v) is 11.4. The Morgan fingerprint density at radius 1 is 0.828 bits per heavy atom. The van der Waals surface area contributed by atoms with Crippen molar-refractivity contribution in [3.63, 3.8) is 0 Å². The van der Waals surface area contributed by atoms with Crippen molar-refractivity contribution >= 4 is 38.6 Å². The highest BCUT2D eigenvalue weighted by Crippen LogP contribution is 2.27. The van der Waals surface area contributed by atoms with Gasteiger partial charge in [0.25, 0.3) is 5.69 Å². The molecule has 3 aromatic rings. The molecule has 0 saturated carbocycles. The largest absolute Gasteiger partial charge is 0.482 e. The molecule has 0 atom stereocenters. The molecule has 0 unspecified atom stereocenters. The predicted molar refractivity (Wildman–Crippen MR) is 120 cm³/mol. The maximum Gasteiger partial charge on any atom is 0.269 e. The van der Waals surface area contributed by atoms with Crippen LogP contribution in [0.2, 0.25) is 0 Å². The number of nitro groups is 1. The molecule has 0 aliphatic carbocycles. The van der Waals surface area contributed by atoms with Crippen LogP contribution in [0.1, 0.15) is 6.92 Å². The average Bonchev–Trinajstić information content (AvgIpc) is 2.76. The zero-order valence-corrected chi connectivity index (χ0v) is 17.4. The van der Waals surface area contributed by atoms with Gasteiger partial charge in [-0.1, -0.05) is 40.6 Å². The zero-order valence-electron chi connectivity index (χ0n) is 15.7. The van der Waals surface area contributed by atoms with Crippen molar-refractivity contribution in [3.8, 4) is 16.9 Å². The number of hydrogen-bond acceptors (Lipinski definition) is 7. The van der Waals surface area contributed by atoms with Gasteiger partial charge in [0, 0.05) is 17.9 Å². The Kier molecular flexibility index (Phi) is 7.66. The van der Waals surface area contributed by atoms with Crippen LogP contribution < -0.4 is 4.74 Å². The van der Waals surface area contributed by atoms with Crippen LogP contribution in [0.5, 0.6) is 5.75 Å². The molecule has 3 rings (SSSR count). The van der Waals surface area contributed by atoms with Crippen LogP contribution in [-0.4, -0.2) is 16.6 Å². The van der Waals surface area contributed by atoms with E-state index in [0.29, 0.717) is 5.94 Å². The molecule has 0 radical (unpaired) electrons. The van der Waals surface area contributed by atoms with Gasteiger partial charge < -0.3 is 4.74 Å². The molecule has 0 N–H and O–H groups in total. The molecule has 3 aromatic carbocycles. The minimum Gasteiger partial charge on any atom is -0.482 e. The fraction of sp³-hybridized carbons (Fsp3) is 0.143. The molecule has 6 nitrogen and oxygen atoms in total. The van der Waals surface area contributed by atoms with E-state index in [1.165, 1.54) is 12.1 Å². The van der Waals surface area contributed by atoms with E-state index >= 15 is 0 Å². The third-order valence-corrected chi connectivity index (χ3v) is 5.98. The normalized spacial score (nSPS) is 10.9. The third kappa shape index (κ3) is 6.33. The first-order chi connectivity index (χ1) is 14.2. The lowest BCUT2D eigenvalue weighted by molar-refractivity contribution is -0.384. The molecule has 29 heavy (non-hydrogen) atoms. The van der Waals surface area contributed by atoms with Crippen molar-refractivity contribution in [2.24, 2.45) is 10.2 Å². The molecule has 0 aromatic heterocycles. The van der Waals surface area contributed by atoms with E-state index in [0.717, 1.165) is 34.0 Å². The lowest BCUT2D eigenvalue weighted by Gasteiger charge is -2.04. The molecular formula is C21H19N3O3S2. The maximum atomic E-state index is 10.7. The van der Waals surface area contributed by atoms with Crippen molar-refractivity contribution in [1.29, 1.82) is 0 Å². The minimum atomic E-state index is -0.406. The Morgan fingerprint density at radius 3 is 1.86 bits per heavy atom. The van der Waals surface area contributed by atoms with Crippen LogP contribution in [0.4, 0.5) is 17.1 Å². The zero-order chi connectivity index (χ0) is 20.5. The summed E-state index contributed by atoms with van der Waals surface area (Å²) in [5.74, 6) is 2.48. The first kappa shape index (κ1) is 20.9. The van der Waals surface area contributed by atoms with Gasteiger partial charge in [-0.05, 0) is 59.7 Å². The van der Waals surface area contributed by atoms with Crippen LogP contribution in [-0.2, 0) is 0 Å². The van der Waals surface area contributed by atoms with Gasteiger partial charge in [-0.15, -0.1) is 0 Å². The molecule has 0 saturated heterocycles. The highest BCUT2D eigenvalue weighted by atomic mass is 33.1. The second-order valence-corrected chi connectivity index (χ2v) is 8.53. The monoisotopic (exact) mass is 425 g/mol. The van der Waals surface area contributed by atoms with E-state index in [9.17, 15) is 10.1 Å². The van der Waals surface area contributed by atoms with Gasteiger partial charge in [-0.2, -0.15) is 10.2 Å². The van der Waals surface area contributed by atoms with Gasteiger partial charge in [0.2, 0.25) is 0 Å². The Hall–Kier alpha value is -2.84. The summed E-state index contributed by atoms with van der Waals surface area (Å²) in [6.07, 6.45) is 0. The summed E-state index contributed by atoms with van der Waals surface area (Å²) in [6, 6.07) is 21.5. The number of nitro benzene ring substituents is 1. The highest BCUT2D eigenvalue weighted by molar-refractivity contribution is 8.76. The molecule has 0 fully saturated rings. The summed E-state index contributed by atoms with van der Waals surface area (Å²) in [5, 5.41) is 19.2. The van der Waals surface area contributed by atoms with Gasteiger partial charge in [0.05, 0.1) is 16.3 Å². The van der Waals surface area contributed by atoms with Crippen LogP contribution >= 0.6 is 21.6 Å². The summed E-state index contributed by atoms with van der Waals surface area (Å²) in [6.45, 7) is 2.11. The van der Waals surface area contributed by atoms with Crippen molar-refractivity contribution < 1.29 is 9.66 Å².